The van der Waals surface area contributed by atoms with Gasteiger partial charge in [-0.25, -0.2) is 17.6 Å². The number of hydrogen-bond acceptors (Lipinski definition) is 3. The van der Waals surface area contributed by atoms with Crippen LogP contribution in [-0.4, -0.2) is 0 Å². The number of nitrogens with zero attached hydrogens (tertiary/aromatic N) is 1. The number of hydrogen-bond donors (Lipinski definition) is 0. The van der Waals surface area contributed by atoms with Crippen LogP contribution in [0, 0.1) is 23.3 Å². The van der Waals surface area contributed by atoms with Crippen LogP contribution in [-0.2, 0) is 10.8 Å². The fraction of sp³-hybridized carbons (Fsp3) is 0.0238. The molecule has 0 spiro atoms. The number of anilines is 3. The third kappa shape index (κ3) is 9.79. The van der Waals surface area contributed by atoms with Crippen molar-refractivity contribution in [2.45, 2.75) is 10.8 Å². The van der Waals surface area contributed by atoms with Crippen molar-refractivity contribution in [2.75, 3.05) is 4.90 Å². The monoisotopic (exact) mass is 1190 g/mol. The van der Waals surface area contributed by atoms with Gasteiger partial charge in [-0.05, 0) is 215 Å². The van der Waals surface area contributed by atoms with E-state index in [2.05, 4.69) is 121 Å². The van der Waals surface area contributed by atoms with Crippen molar-refractivity contribution >= 4 is 29.2 Å². The van der Waals surface area contributed by atoms with E-state index in [1.807, 2.05) is 158 Å². The molecule has 3 nitrogen and oxygen atoms in total. The van der Waals surface area contributed by atoms with Crippen LogP contribution in [0.2, 0.25) is 0 Å². The summed E-state index contributed by atoms with van der Waals surface area (Å²) in [5.74, 6) is -0.422. The molecule has 91 heavy (non-hydrogen) atoms. The normalized spacial score (nSPS) is 15.0. The molecule has 0 saturated heterocycles. The van der Waals surface area contributed by atoms with E-state index in [9.17, 15) is 0 Å². The van der Waals surface area contributed by atoms with Crippen LogP contribution in [0.5, 0.6) is 23.0 Å². The Balaban J connectivity index is 0.958. The maximum atomic E-state index is 16.2. The Morgan fingerprint density at radius 1 is 0.275 bits per heavy atom. The first-order chi connectivity index (χ1) is 44.6. The van der Waals surface area contributed by atoms with Gasteiger partial charge in [0.1, 0.15) is 46.3 Å². The van der Waals surface area contributed by atoms with Crippen molar-refractivity contribution < 1.29 is 27.0 Å². The largest absolute Gasteiger partial charge is 0.457 e. The SMILES string of the molecule is C=Cc1ccc(Oc2ccc(C3(c4cc(F)cc(F)c4)c4ccccc4-c4ccc(N(c5cccc(-c6cccc(-c7ccccc7)c6)c5)c5ccc6c(c5)C(c5ccc(Oc7ccc(C=C)cc7)cc5)(c5cc(F)cc(F)c5)c5ccccc5-6)cc43)cc2)cc1. The lowest BCUT2D eigenvalue weighted by atomic mass is 9.67. The van der Waals surface area contributed by atoms with Crippen molar-refractivity contribution in [1.82, 2.24) is 0 Å². The zero-order valence-corrected chi connectivity index (χ0v) is 49.1. The molecule has 2 atom stereocenters. The molecule has 0 fully saturated rings. The zero-order valence-electron chi connectivity index (χ0n) is 49.1. The Hall–Kier alpha value is -11.5. The average Bonchev–Trinajstić information content (AvgIpc) is 1.56. The van der Waals surface area contributed by atoms with Gasteiger partial charge >= 0.3 is 0 Å². The molecule has 0 heterocycles. The quantitative estimate of drug-likeness (QED) is 0.0955. The molecule has 0 N–H and O–H groups in total. The van der Waals surface area contributed by atoms with Crippen LogP contribution in [0.25, 0.3) is 56.7 Å². The third-order valence-corrected chi connectivity index (χ3v) is 17.8. The summed E-state index contributed by atoms with van der Waals surface area (Å²) in [6.45, 7) is 7.77. The molecular formula is C84H55F4NO2. The first kappa shape index (κ1) is 56.0. The van der Waals surface area contributed by atoms with Crippen LogP contribution in [0.3, 0.4) is 0 Å². The number of ether oxygens (including phenoxy) is 2. The summed E-state index contributed by atoms with van der Waals surface area (Å²) in [5.41, 5.74) is 14.9. The second kappa shape index (κ2) is 22.9. The lowest BCUT2D eigenvalue weighted by Gasteiger charge is -2.36. The second-order valence-electron chi connectivity index (χ2n) is 23.0. The zero-order chi connectivity index (χ0) is 61.8. The molecule has 2 unspecified atom stereocenters. The minimum atomic E-state index is -1.28. The van der Waals surface area contributed by atoms with Crippen LogP contribution < -0.4 is 14.4 Å². The Bertz CT molecular complexity index is 4670. The van der Waals surface area contributed by atoms with Gasteiger partial charge in [-0.15, -0.1) is 0 Å². The lowest BCUT2D eigenvalue weighted by molar-refractivity contribution is 0.482. The standard InChI is InChI=1S/C84H55F4NO2/c1-3-54-24-34-71(35-25-54)90-73-38-28-60(29-39-73)83(62-46-64(85)50-65(86)47-62)79-22-10-8-20-75(79)77-42-32-69(52-81(77)83)89(68-19-13-18-59(45-68)58-17-12-16-57(44-58)56-14-6-5-7-15-56)70-33-43-78-76-21-9-11-23-80(76)84(82(78)53-70,63-48-66(87)51-67(88)49-63)61-30-40-74(41-31-61)91-72-36-26-55(4-2)27-37-72/h3-53H,1-2H2. The number of fused-ring (bicyclic) bond motifs is 6. The molecule has 13 aromatic carbocycles. The molecule has 15 rings (SSSR count). The molecule has 2 aliphatic rings. The predicted molar refractivity (Wildman–Crippen MR) is 360 cm³/mol. The highest BCUT2D eigenvalue weighted by molar-refractivity contribution is 5.93. The van der Waals surface area contributed by atoms with E-state index >= 15 is 17.6 Å². The van der Waals surface area contributed by atoms with Gasteiger partial charge in [0.05, 0.1) is 10.8 Å². The molecule has 0 amide bonds. The van der Waals surface area contributed by atoms with E-state index in [0.717, 1.165) is 118 Å². The van der Waals surface area contributed by atoms with Gasteiger partial charge in [0.25, 0.3) is 0 Å². The highest BCUT2D eigenvalue weighted by Gasteiger charge is 2.49. The first-order valence-electron chi connectivity index (χ1n) is 30.1. The van der Waals surface area contributed by atoms with Gasteiger partial charge in [-0.3, -0.25) is 0 Å². The van der Waals surface area contributed by atoms with E-state index in [1.165, 1.54) is 24.3 Å². The number of benzene rings is 13. The maximum Gasteiger partial charge on any atom is 0.127 e. The topological polar surface area (TPSA) is 21.7 Å². The smallest absolute Gasteiger partial charge is 0.127 e. The van der Waals surface area contributed by atoms with E-state index in [1.54, 1.807) is 12.2 Å². The molecule has 0 aliphatic heterocycles. The summed E-state index contributed by atoms with van der Waals surface area (Å²) in [7, 11) is 0. The second-order valence-corrected chi connectivity index (χ2v) is 23.0. The summed E-state index contributed by atoms with van der Waals surface area (Å²) in [6.07, 6.45) is 3.55. The summed E-state index contributed by atoms with van der Waals surface area (Å²) < 4.78 is 77.6. The van der Waals surface area contributed by atoms with E-state index in [0.29, 0.717) is 34.1 Å². The molecule has 436 valence electrons. The van der Waals surface area contributed by atoms with Gasteiger partial charge in [0.15, 0.2) is 0 Å². The molecule has 13 aromatic rings. The highest BCUT2D eigenvalue weighted by atomic mass is 19.1. The summed E-state index contributed by atoms with van der Waals surface area (Å²) >= 11 is 0. The van der Waals surface area contributed by atoms with Crippen LogP contribution in [0.15, 0.2) is 310 Å². The van der Waals surface area contributed by atoms with E-state index in [4.69, 9.17) is 9.47 Å². The summed E-state index contributed by atoms with van der Waals surface area (Å²) in [6, 6.07) is 94.3. The third-order valence-electron chi connectivity index (χ3n) is 17.8. The number of halogens is 4. The molecule has 7 heteroatoms. The van der Waals surface area contributed by atoms with Crippen molar-refractivity contribution in [3.8, 4) is 67.5 Å². The minimum Gasteiger partial charge on any atom is -0.457 e. The summed E-state index contributed by atoms with van der Waals surface area (Å²) in [4.78, 5) is 2.20. The van der Waals surface area contributed by atoms with Crippen molar-refractivity contribution in [2.24, 2.45) is 0 Å². The van der Waals surface area contributed by atoms with E-state index < -0.39 is 34.1 Å². The first-order valence-corrected chi connectivity index (χ1v) is 30.1. The molecular weight excluding hydrogens is 1130 g/mol. The minimum absolute atomic E-state index is 0.401. The molecule has 0 aromatic heterocycles. The van der Waals surface area contributed by atoms with Crippen molar-refractivity contribution in [1.29, 1.82) is 0 Å². The predicted octanol–water partition coefficient (Wildman–Crippen LogP) is 22.6. The Morgan fingerprint density at radius 2 is 0.626 bits per heavy atom. The van der Waals surface area contributed by atoms with Gasteiger partial charge < -0.3 is 14.4 Å². The van der Waals surface area contributed by atoms with Gasteiger partial charge in [0.2, 0.25) is 0 Å². The Kier molecular flexibility index (Phi) is 14.1. The average molecular weight is 1190 g/mol. The fourth-order valence-corrected chi connectivity index (χ4v) is 13.9. The molecule has 2 aliphatic carbocycles. The van der Waals surface area contributed by atoms with Crippen LogP contribution in [0.1, 0.15) is 55.6 Å². The van der Waals surface area contributed by atoms with Crippen LogP contribution in [0.4, 0.5) is 34.6 Å². The highest BCUT2D eigenvalue weighted by Crippen LogP contribution is 2.60. The van der Waals surface area contributed by atoms with Gasteiger partial charge in [-0.2, -0.15) is 0 Å². The number of rotatable bonds is 15. The Morgan fingerprint density at radius 3 is 1.07 bits per heavy atom. The molecule has 0 bridgehead atoms. The van der Waals surface area contributed by atoms with Gasteiger partial charge in [-0.1, -0.05) is 195 Å². The summed E-state index contributed by atoms with van der Waals surface area (Å²) in [5, 5.41) is 0. The molecule has 0 saturated carbocycles. The van der Waals surface area contributed by atoms with Gasteiger partial charge in [0, 0.05) is 29.2 Å². The van der Waals surface area contributed by atoms with Crippen molar-refractivity contribution in [3.05, 3.63) is 389 Å². The van der Waals surface area contributed by atoms with Crippen LogP contribution >= 0.6 is 0 Å². The maximum absolute atomic E-state index is 16.2. The molecule has 0 radical (unpaired) electrons. The van der Waals surface area contributed by atoms with Crippen molar-refractivity contribution in [3.63, 3.8) is 0 Å². The fourth-order valence-electron chi connectivity index (χ4n) is 13.9. The Labute approximate surface area is 526 Å². The lowest BCUT2D eigenvalue weighted by Crippen LogP contribution is -2.29. The van der Waals surface area contributed by atoms with E-state index in [-0.39, 0.29) is 0 Å².